The molecule has 2 nitrogen and oxygen atoms in total. The number of rotatable bonds is 1. The maximum Gasteiger partial charge on any atom is 0.0625 e. The molecule has 0 spiro atoms. The van der Waals surface area contributed by atoms with Gasteiger partial charge in [-0.1, -0.05) is 19.3 Å². The Morgan fingerprint density at radius 3 is 2.73 bits per heavy atom. The highest BCUT2D eigenvalue weighted by atomic mass is 14.6. The molecule has 2 atom stereocenters. The van der Waals surface area contributed by atoms with Gasteiger partial charge in [-0.15, -0.1) is 0 Å². The van der Waals surface area contributed by atoms with E-state index in [1.165, 1.54) is 19.3 Å². The third-order valence-corrected chi connectivity index (χ3v) is 2.57. The van der Waals surface area contributed by atoms with Crippen LogP contribution in [-0.2, 0) is 0 Å². The first-order valence-corrected chi connectivity index (χ1v) is 4.47. The Bertz CT molecular complexity index is 148. The Labute approximate surface area is 68.4 Å². The highest BCUT2D eigenvalue weighted by Gasteiger charge is 2.19. The largest absolute Gasteiger partial charge is 0.327 e. The van der Waals surface area contributed by atoms with Gasteiger partial charge in [0.1, 0.15) is 0 Å². The lowest BCUT2D eigenvalue weighted by atomic mass is 9.93. The highest BCUT2D eigenvalue weighted by Crippen LogP contribution is 2.24. The van der Waals surface area contributed by atoms with E-state index in [4.69, 9.17) is 11.0 Å². The second-order valence-corrected chi connectivity index (χ2v) is 3.42. The molecule has 0 heterocycles. The zero-order valence-electron chi connectivity index (χ0n) is 6.92. The van der Waals surface area contributed by atoms with Crippen LogP contribution in [0, 0.1) is 17.2 Å². The van der Waals surface area contributed by atoms with Gasteiger partial charge in [-0.25, -0.2) is 0 Å². The molecule has 1 aliphatic rings. The molecule has 0 radical (unpaired) electrons. The van der Waals surface area contributed by atoms with Crippen molar-refractivity contribution in [3.63, 3.8) is 0 Å². The van der Waals surface area contributed by atoms with Crippen LogP contribution in [-0.4, -0.2) is 6.04 Å². The molecule has 1 rings (SSSR count). The summed E-state index contributed by atoms with van der Waals surface area (Å²) in [5.41, 5.74) is 5.91. The molecule has 1 aliphatic carbocycles. The van der Waals surface area contributed by atoms with Gasteiger partial charge >= 0.3 is 0 Å². The number of nitriles is 1. The van der Waals surface area contributed by atoms with E-state index in [1.54, 1.807) is 0 Å². The lowest BCUT2D eigenvalue weighted by Crippen LogP contribution is -2.28. The van der Waals surface area contributed by atoms with Gasteiger partial charge in [-0.2, -0.15) is 5.26 Å². The van der Waals surface area contributed by atoms with Gasteiger partial charge in [-0.05, 0) is 18.8 Å². The van der Waals surface area contributed by atoms with E-state index >= 15 is 0 Å². The molecule has 2 heteroatoms. The van der Waals surface area contributed by atoms with Crippen molar-refractivity contribution in [3.05, 3.63) is 0 Å². The zero-order valence-corrected chi connectivity index (χ0v) is 6.92. The summed E-state index contributed by atoms with van der Waals surface area (Å²) in [7, 11) is 0. The summed E-state index contributed by atoms with van der Waals surface area (Å²) in [5.74, 6) is 0.475. The first kappa shape index (κ1) is 8.55. The monoisotopic (exact) mass is 152 g/mol. The Hall–Kier alpha value is -0.550. The minimum Gasteiger partial charge on any atom is -0.327 e. The first-order valence-electron chi connectivity index (χ1n) is 4.47. The van der Waals surface area contributed by atoms with E-state index in [0.717, 1.165) is 12.8 Å². The summed E-state index contributed by atoms with van der Waals surface area (Å²) >= 11 is 0. The van der Waals surface area contributed by atoms with E-state index in [1.807, 2.05) is 0 Å². The molecule has 62 valence electrons. The summed E-state index contributed by atoms with van der Waals surface area (Å²) < 4.78 is 0. The second-order valence-electron chi connectivity index (χ2n) is 3.42. The molecule has 0 amide bonds. The van der Waals surface area contributed by atoms with E-state index in [-0.39, 0.29) is 6.04 Å². The lowest BCUT2D eigenvalue weighted by Gasteiger charge is -2.17. The Morgan fingerprint density at radius 2 is 2.00 bits per heavy atom. The molecule has 0 aromatic carbocycles. The molecule has 0 aromatic heterocycles. The molecular weight excluding hydrogens is 136 g/mol. The quantitative estimate of drug-likeness (QED) is 0.582. The molecule has 0 bridgehead atoms. The van der Waals surface area contributed by atoms with Gasteiger partial charge in [0.05, 0.1) is 6.07 Å². The maximum absolute atomic E-state index is 8.52. The van der Waals surface area contributed by atoms with Crippen molar-refractivity contribution >= 4 is 0 Å². The Kier molecular flexibility index (Phi) is 3.38. The van der Waals surface area contributed by atoms with E-state index in [0.29, 0.717) is 12.3 Å². The van der Waals surface area contributed by atoms with Gasteiger partial charge < -0.3 is 5.73 Å². The van der Waals surface area contributed by atoms with Crippen molar-refractivity contribution in [1.82, 2.24) is 0 Å². The Balaban J connectivity index is 2.40. The summed E-state index contributed by atoms with van der Waals surface area (Å²) in [6, 6.07) is 2.50. The van der Waals surface area contributed by atoms with Gasteiger partial charge in [0.25, 0.3) is 0 Å². The van der Waals surface area contributed by atoms with Crippen molar-refractivity contribution in [3.8, 4) is 6.07 Å². The number of nitrogens with two attached hydrogens (primary N) is 1. The van der Waals surface area contributed by atoms with Crippen molar-refractivity contribution in [2.75, 3.05) is 0 Å². The van der Waals surface area contributed by atoms with Crippen LogP contribution in [0.5, 0.6) is 0 Å². The van der Waals surface area contributed by atoms with Crippen molar-refractivity contribution < 1.29 is 0 Å². The third kappa shape index (κ3) is 2.51. The van der Waals surface area contributed by atoms with Gasteiger partial charge in [0, 0.05) is 12.5 Å². The lowest BCUT2D eigenvalue weighted by molar-refractivity contribution is 0.405. The normalized spacial score (nSPS) is 32.4. The number of hydrogen-bond acceptors (Lipinski definition) is 2. The number of hydrogen-bond donors (Lipinski definition) is 1. The van der Waals surface area contributed by atoms with Gasteiger partial charge in [0.15, 0.2) is 0 Å². The standard InChI is InChI=1S/C9H16N2/c10-7-6-8-4-2-1-3-5-9(8)11/h8-9H,1-6,11H2. The summed E-state index contributed by atoms with van der Waals surface area (Å²) in [6.07, 6.45) is 6.75. The average molecular weight is 152 g/mol. The van der Waals surface area contributed by atoms with Crippen molar-refractivity contribution in [2.24, 2.45) is 11.7 Å². The molecule has 2 unspecified atom stereocenters. The zero-order chi connectivity index (χ0) is 8.10. The predicted octanol–water partition coefficient (Wildman–Crippen LogP) is 1.81. The SMILES string of the molecule is N#CCC1CCCCCC1N. The van der Waals surface area contributed by atoms with Crippen LogP contribution in [0.3, 0.4) is 0 Å². The first-order chi connectivity index (χ1) is 5.34. The maximum atomic E-state index is 8.52. The third-order valence-electron chi connectivity index (χ3n) is 2.57. The van der Waals surface area contributed by atoms with Gasteiger partial charge in [0.2, 0.25) is 0 Å². The molecule has 0 aliphatic heterocycles. The van der Waals surface area contributed by atoms with Crippen LogP contribution in [0.4, 0.5) is 0 Å². The van der Waals surface area contributed by atoms with Gasteiger partial charge in [-0.3, -0.25) is 0 Å². The van der Waals surface area contributed by atoms with Crippen LogP contribution >= 0.6 is 0 Å². The Morgan fingerprint density at radius 1 is 1.27 bits per heavy atom. The van der Waals surface area contributed by atoms with Crippen LogP contribution in [0.15, 0.2) is 0 Å². The molecule has 1 fully saturated rings. The van der Waals surface area contributed by atoms with Crippen LogP contribution in [0.25, 0.3) is 0 Å². The summed E-state index contributed by atoms with van der Waals surface area (Å²) in [6.45, 7) is 0. The highest BCUT2D eigenvalue weighted by molar-refractivity contribution is 4.84. The minimum atomic E-state index is 0.289. The van der Waals surface area contributed by atoms with E-state index in [2.05, 4.69) is 6.07 Å². The number of nitrogens with zero attached hydrogens (tertiary/aromatic N) is 1. The fourth-order valence-electron chi connectivity index (χ4n) is 1.78. The van der Waals surface area contributed by atoms with E-state index in [9.17, 15) is 0 Å². The van der Waals surface area contributed by atoms with Crippen LogP contribution in [0.1, 0.15) is 38.5 Å². The fourth-order valence-corrected chi connectivity index (χ4v) is 1.78. The van der Waals surface area contributed by atoms with Crippen LogP contribution in [0.2, 0.25) is 0 Å². The van der Waals surface area contributed by atoms with Crippen LogP contribution < -0.4 is 5.73 Å². The van der Waals surface area contributed by atoms with E-state index < -0.39 is 0 Å². The molecular formula is C9H16N2. The average Bonchev–Trinajstić information content (AvgIpc) is 2.18. The predicted molar refractivity (Wildman–Crippen MR) is 44.8 cm³/mol. The molecule has 0 aromatic rings. The molecule has 1 saturated carbocycles. The van der Waals surface area contributed by atoms with Crippen molar-refractivity contribution in [1.29, 1.82) is 5.26 Å². The summed E-state index contributed by atoms with van der Waals surface area (Å²) in [5, 5.41) is 8.52. The smallest absolute Gasteiger partial charge is 0.0625 e. The molecule has 0 saturated heterocycles. The second kappa shape index (κ2) is 4.35. The topological polar surface area (TPSA) is 49.8 Å². The molecule has 2 N–H and O–H groups in total. The fraction of sp³-hybridized carbons (Fsp3) is 0.889. The van der Waals surface area contributed by atoms with Crippen molar-refractivity contribution in [2.45, 2.75) is 44.6 Å². The minimum absolute atomic E-state index is 0.289. The molecule has 11 heavy (non-hydrogen) atoms. The summed E-state index contributed by atoms with van der Waals surface area (Å²) in [4.78, 5) is 0.